The minimum atomic E-state index is -0.00222. The van der Waals surface area contributed by atoms with Crippen LogP contribution in [-0.4, -0.2) is 19.3 Å². The van der Waals surface area contributed by atoms with E-state index in [9.17, 15) is 0 Å². The van der Waals surface area contributed by atoms with Gasteiger partial charge in [-0.2, -0.15) is 0 Å². The molecule has 0 aromatic heterocycles. The number of ether oxygens (including phenoxy) is 1. The van der Waals surface area contributed by atoms with Gasteiger partial charge in [0.25, 0.3) is 0 Å². The van der Waals surface area contributed by atoms with E-state index in [0.717, 1.165) is 19.4 Å². The molecule has 1 rings (SSSR count). The van der Waals surface area contributed by atoms with Crippen molar-refractivity contribution in [1.29, 1.82) is 0 Å². The van der Waals surface area contributed by atoms with Crippen LogP contribution in [0.1, 0.15) is 46.5 Å². The largest absolute Gasteiger partial charge is 0.384 e. The maximum Gasteiger partial charge on any atom is 0.0505 e. The fourth-order valence-corrected chi connectivity index (χ4v) is 2.80. The molecular weight excluding hydrogens is 174 g/mol. The molecule has 0 bridgehead atoms. The molecular formula is C12H25NO. The Bertz CT molecular complexity index is 191. The van der Waals surface area contributed by atoms with Crippen molar-refractivity contribution in [2.75, 3.05) is 13.7 Å². The van der Waals surface area contributed by atoms with Crippen LogP contribution in [0.25, 0.3) is 0 Å². The zero-order valence-corrected chi connectivity index (χ0v) is 10.1. The second kappa shape index (κ2) is 4.19. The fourth-order valence-electron chi connectivity index (χ4n) is 2.80. The lowest BCUT2D eigenvalue weighted by Crippen LogP contribution is -2.52. The van der Waals surface area contributed by atoms with Crippen LogP contribution >= 0.6 is 0 Å². The Labute approximate surface area is 88.2 Å². The Kier molecular flexibility index (Phi) is 3.59. The van der Waals surface area contributed by atoms with Gasteiger partial charge in [0.2, 0.25) is 0 Å². The average Bonchev–Trinajstić information content (AvgIpc) is 2.02. The van der Waals surface area contributed by atoms with Gasteiger partial charge in [-0.25, -0.2) is 0 Å². The van der Waals surface area contributed by atoms with Gasteiger partial charge in [-0.05, 0) is 30.6 Å². The Morgan fingerprint density at radius 2 is 2.00 bits per heavy atom. The van der Waals surface area contributed by atoms with E-state index < -0.39 is 0 Å². The molecule has 1 aliphatic rings. The zero-order valence-electron chi connectivity index (χ0n) is 10.1. The highest BCUT2D eigenvalue weighted by Crippen LogP contribution is 2.42. The smallest absolute Gasteiger partial charge is 0.0505 e. The van der Waals surface area contributed by atoms with Crippen molar-refractivity contribution in [2.24, 2.45) is 17.1 Å². The van der Waals surface area contributed by atoms with Crippen LogP contribution in [-0.2, 0) is 4.74 Å². The van der Waals surface area contributed by atoms with E-state index >= 15 is 0 Å². The number of hydrogen-bond donors (Lipinski definition) is 1. The molecule has 2 N–H and O–H groups in total. The second-order valence-electron chi connectivity index (χ2n) is 5.78. The molecule has 1 aliphatic carbocycles. The lowest BCUT2D eigenvalue weighted by Gasteiger charge is -2.46. The molecule has 2 atom stereocenters. The Hall–Kier alpha value is -0.0800. The molecule has 1 saturated carbocycles. The predicted octanol–water partition coefficient (Wildman–Crippen LogP) is 2.57. The van der Waals surface area contributed by atoms with Gasteiger partial charge in [0.15, 0.2) is 0 Å². The van der Waals surface area contributed by atoms with Crippen LogP contribution < -0.4 is 5.73 Å². The lowest BCUT2D eigenvalue weighted by molar-refractivity contribution is 0.0574. The van der Waals surface area contributed by atoms with Crippen molar-refractivity contribution in [3.63, 3.8) is 0 Å². The third-order valence-corrected chi connectivity index (χ3v) is 3.70. The maximum absolute atomic E-state index is 6.48. The van der Waals surface area contributed by atoms with Crippen LogP contribution in [0.15, 0.2) is 0 Å². The number of nitrogens with two attached hydrogens (primary N) is 1. The molecule has 0 amide bonds. The molecule has 2 unspecified atom stereocenters. The summed E-state index contributed by atoms with van der Waals surface area (Å²) in [6.45, 7) is 7.65. The molecule has 0 aromatic carbocycles. The summed E-state index contributed by atoms with van der Waals surface area (Å²) in [4.78, 5) is 0. The highest BCUT2D eigenvalue weighted by Gasteiger charge is 2.40. The molecule has 0 saturated heterocycles. The van der Waals surface area contributed by atoms with Crippen LogP contribution in [0.4, 0.5) is 0 Å². The quantitative estimate of drug-likeness (QED) is 0.758. The molecule has 14 heavy (non-hydrogen) atoms. The summed E-state index contributed by atoms with van der Waals surface area (Å²) >= 11 is 0. The van der Waals surface area contributed by atoms with Crippen molar-refractivity contribution < 1.29 is 4.74 Å². The summed E-state index contributed by atoms with van der Waals surface area (Å²) < 4.78 is 5.21. The van der Waals surface area contributed by atoms with Gasteiger partial charge in [-0.3, -0.25) is 0 Å². The summed E-state index contributed by atoms with van der Waals surface area (Å²) in [5, 5.41) is 0. The van der Waals surface area contributed by atoms with Crippen LogP contribution in [0.2, 0.25) is 0 Å². The third-order valence-electron chi connectivity index (χ3n) is 3.70. The van der Waals surface area contributed by atoms with E-state index in [1.54, 1.807) is 7.11 Å². The fraction of sp³-hybridized carbons (Fsp3) is 1.00. The summed E-state index contributed by atoms with van der Waals surface area (Å²) in [7, 11) is 1.76. The van der Waals surface area contributed by atoms with Gasteiger partial charge in [-0.1, -0.05) is 27.2 Å². The highest BCUT2D eigenvalue weighted by atomic mass is 16.5. The van der Waals surface area contributed by atoms with Gasteiger partial charge in [0.1, 0.15) is 0 Å². The van der Waals surface area contributed by atoms with E-state index in [4.69, 9.17) is 10.5 Å². The minimum Gasteiger partial charge on any atom is -0.384 e. The number of methoxy groups -OCH3 is 1. The van der Waals surface area contributed by atoms with Crippen molar-refractivity contribution in [3.05, 3.63) is 0 Å². The Balaban J connectivity index is 2.63. The lowest BCUT2D eigenvalue weighted by atomic mass is 9.64. The number of rotatable bonds is 3. The summed E-state index contributed by atoms with van der Waals surface area (Å²) in [6.07, 6.45) is 4.86. The Morgan fingerprint density at radius 1 is 1.36 bits per heavy atom. The van der Waals surface area contributed by atoms with E-state index in [1.165, 1.54) is 12.8 Å². The highest BCUT2D eigenvalue weighted by molar-refractivity contribution is 4.97. The SMILES string of the molecule is COCC(C)C1(N)CCCC(C)(C)C1. The number of hydrogen-bond acceptors (Lipinski definition) is 2. The molecule has 0 spiro atoms. The van der Waals surface area contributed by atoms with Gasteiger partial charge >= 0.3 is 0 Å². The van der Waals surface area contributed by atoms with E-state index in [0.29, 0.717) is 11.3 Å². The first-order chi connectivity index (χ1) is 6.40. The normalized spacial score (nSPS) is 34.1. The molecule has 0 aromatic rings. The molecule has 2 nitrogen and oxygen atoms in total. The molecule has 0 heterocycles. The first kappa shape index (κ1) is 12.0. The van der Waals surface area contributed by atoms with Crippen LogP contribution in [0.3, 0.4) is 0 Å². The standard InChI is InChI=1S/C12H25NO/c1-10(8-14-4)12(13)7-5-6-11(2,3)9-12/h10H,5-9,13H2,1-4H3. The second-order valence-corrected chi connectivity index (χ2v) is 5.78. The average molecular weight is 199 g/mol. The van der Waals surface area contributed by atoms with E-state index in [1.807, 2.05) is 0 Å². The van der Waals surface area contributed by atoms with Crippen LogP contribution in [0.5, 0.6) is 0 Å². The topological polar surface area (TPSA) is 35.2 Å². The third kappa shape index (κ3) is 2.71. The van der Waals surface area contributed by atoms with E-state index in [-0.39, 0.29) is 5.54 Å². The van der Waals surface area contributed by atoms with Crippen LogP contribution in [0, 0.1) is 11.3 Å². The molecule has 0 aliphatic heterocycles. The molecule has 1 fully saturated rings. The molecule has 2 heteroatoms. The summed E-state index contributed by atoms with van der Waals surface area (Å²) in [5.74, 6) is 0.465. The maximum atomic E-state index is 6.48. The monoisotopic (exact) mass is 199 g/mol. The first-order valence-corrected chi connectivity index (χ1v) is 5.67. The van der Waals surface area contributed by atoms with Gasteiger partial charge < -0.3 is 10.5 Å². The zero-order chi connectivity index (χ0) is 10.8. The van der Waals surface area contributed by atoms with Crippen molar-refractivity contribution >= 4 is 0 Å². The minimum absolute atomic E-state index is 0.00222. The van der Waals surface area contributed by atoms with Gasteiger partial charge in [0, 0.05) is 12.6 Å². The summed E-state index contributed by atoms with van der Waals surface area (Å²) in [6, 6.07) is 0. The van der Waals surface area contributed by atoms with Crippen molar-refractivity contribution in [2.45, 2.75) is 52.0 Å². The van der Waals surface area contributed by atoms with E-state index in [2.05, 4.69) is 20.8 Å². The van der Waals surface area contributed by atoms with Crippen molar-refractivity contribution in [1.82, 2.24) is 0 Å². The predicted molar refractivity (Wildman–Crippen MR) is 60.2 cm³/mol. The Morgan fingerprint density at radius 3 is 2.50 bits per heavy atom. The molecule has 84 valence electrons. The van der Waals surface area contributed by atoms with Gasteiger partial charge in [0.05, 0.1) is 6.61 Å². The summed E-state index contributed by atoms with van der Waals surface area (Å²) in [5.41, 5.74) is 6.89. The molecule has 0 radical (unpaired) electrons. The first-order valence-electron chi connectivity index (χ1n) is 5.67. The van der Waals surface area contributed by atoms with Crippen molar-refractivity contribution in [3.8, 4) is 0 Å². The van der Waals surface area contributed by atoms with Gasteiger partial charge in [-0.15, -0.1) is 0 Å².